The molecule has 4 fully saturated rings. The summed E-state index contributed by atoms with van der Waals surface area (Å²) in [5.74, 6) is 2.46. The van der Waals surface area contributed by atoms with Gasteiger partial charge in [-0.2, -0.15) is 5.26 Å². The summed E-state index contributed by atoms with van der Waals surface area (Å²) in [5, 5.41) is 9.36. The number of carbonyl (C=O) groups is 1. The molecule has 0 N–H and O–H groups in total. The highest BCUT2D eigenvalue weighted by Gasteiger charge is 2.52. The van der Waals surface area contributed by atoms with Gasteiger partial charge in [0.25, 0.3) is 0 Å². The van der Waals surface area contributed by atoms with Crippen LogP contribution in [0.25, 0.3) is 0 Å². The van der Waals surface area contributed by atoms with Crippen LogP contribution in [0.3, 0.4) is 0 Å². The fraction of sp³-hybridized carbons (Fsp3) is 0.867. The van der Waals surface area contributed by atoms with Gasteiger partial charge in [0.1, 0.15) is 5.92 Å². The molecule has 0 aromatic rings. The van der Waals surface area contributed by atoms with Crippen molar-refractivity contribution in [2.45, 2.75) is 39.0 Å². The van der Waals surface area contributed by atoms with Crippen LogP contribution in [0.2, 0.25) is 0 Å². The highest BCUT2D eigenvalue weighted by molar-refractivity contribution is 5.75. The zero-order valence-corrected chi connectivity index (χ0v) is 11.0. The Labute approximate surface area is 108 Å². The van der Waals surface area contributed by atoms with Gasteiger partial charge in [-0.1, -0.05) is 0 Å². The minimum absolute atomic E-state index is 0.279. The van der Waals surface area contributed by atoms with Crippen molar-refractivity contribution in [1.82, 2.24) is 0 Å². The monoisotopic (exact) mass is 247 g/mol. The Hall–Kier alpha value is -1.04. The molecular formula is C15H21NO2. The molecule has 0 heterocycles. The molecule has 4 bridgehead atoms. The van der Waals surface area contributed by atoms with E-state index in [1.54, 1.807) is 0 Å². The van der Waals surface area contributed by atoms with Crippen molar-refractivity contribution < 1.29 is 9.53 Å². The molecule has 1 unspecified atom stereocenters. The van der Waals surface area contributed by atoms with Gasteiger partial charge in [0.15, 0.2) is 0 Å². The third-order valence-electron chi connectivity index (χ3n) is 5.36. The summed E-state index contributed by atoms with van der Waals surface area (Å²) in [7, 11) is 0. The minimum atomic E-state index is -0.514. The van der Waals surface area contributed by atoms with Crippen LogP contribution in [-0.4, -0.2) is 12.6 Å². The van der Waals surface area contributed by atoms with E-state index in [-0.39, 0.29) is 11.9 Å². The number of nitriles is 1. The predicted molar refractivity (Wildman–Crippen MR) is 66.3 cm³/mol. The van der Waals surface area contributed by atoms with Crippen molar-refractivity contribution in [2.75, 3.05) is 6.61 Å². The number of rotatable bonds is 3. The zero-order valence-electron chi connectivity index (χ0n) is 11.0. The maximum absolute atomic E-state index is 12.0. The van der Waals surface area contributed by atoms with E-state index in [4.69, 9.17) is 4.74 Å². The first-order valence-electron chi connectivity index (χ1n) is 7.29. The van der Waals surface area contributed by atoms with Gasteiger partial charge in [-0.15, -0.1) is 0 Å². The topological polar surface area (TPSA) is 50.1 Å². The quantitative estimate of drug-likeness (QED) is 0.720. The lowest BCUT2D eigenvalue weighted by Crippen LogP contribution is -2.49. The highest BCUT2D eigenvalue weighted by Crippen LogP contribution is 2.58. The van der Waals surface area contributed by atoms with Crippen LogP contribution in [0, 0.1) is 46.8 Å². The summed E-state index contributed by atoms with van der Waals surface area (Å²) in [5.41, 5.74) is 0. The molecule has 3 nitrogen and oxygen atoms in total. The Kier molecular flexibility index (Phi) is 3.05. The van der Waals surface area contributed by atoms with E-state index in [2.05, 4.69) is 6.07 Å². The van der Waals surface area contributed by atoms with Gasteiger partial charge in [-0.25, -0.2) is 0 Å². The predicted octanol–water partition coefficient (Wildman–Crippen LogP) is 2.76. The molecule has 4 aliphatic carbocycles. The second-order valence-corrected chi connectivity index (χ2v) is 6.37. The van der Waals surface area contributed by atoms with E-state index in [0.29, 0.717) is 18.4 Å². The molecule has 0 radical (unpaired) electrons. The lowest BCUT2D eigenvalue weighted by atomic mass is 9.50. The van der Waals surface area contributed by atoms with Crippen molar-refractivity contribution in [2.24, 2.45) is 35.5 Å². The average Bonchev–Trinajstić information content (AvgIpc) is 2.33. The van der Waals surface area contributed by atoms with Gasteiger partial charge in [0.2, 0.25) is 0 Å². The van der Waals surface area contributed by atoms with Crippen LogP contribution < -0.4 is 0 Å². The molecular weight excluding hydrogens is 226 g/mol. The Morgan fingerprint density at radius 1 is 1.22 bits per heavy atom. The lowest BCUT2D eigenvalue weighted by molar-refractivity contribution is -0.153. The number of hydrogen-bond acceptors (Lipinski definition) is 3. The normalized spacial score (nSPS) is 42.3. The second-order valence-electron chi connectivity index (χ2n) is 6.37. The molecule has 4 saturated carbocycles. The van der Waals surface area contributed by atoms with Crippen molar-refractivity contribution in [3.8, 4) is 6.07 Å². The van der Waals surface area contributed by atoms with E-state index in [1.807, 2.05) is 6.92 Å². The molecule has 0 saturated heterocycles. The zero-order chi connectivity index (χ0) is 12.7. The highest BCUT2D eigenvalue weighted by atomic mass is 16.5. The standard InChI is InChI=1S/C15H21NO2/c1-2-18-15(17)13(8-16)14-11-4-9-3-10(6-11)7-12(14)5-9/h9-14H,2-7H2,1H3. The van der Waals surface area contributed by atoms with Gasteiger partial charge >= 0.3 is 5.97 Å². The van der Waals surface area contributed by atoms with Gasteiger partial charge in [0.05, 0.1) is 12.7 Å². The molecule has 0 amide bonds. The van der Waals surface area contributed by atoms with Crippen LogP contribution in [0.1, 0.15) is 39.0 Å². The first-order chi connectivity index (χ1) is 8.72. The van der Waals surface area contributed by atoms with Crippen LogP contribution in [-0.2, 0) is 9.53 Å². The molecule has 98 valence electrons. The Morgan fingerprint density at radius 3 is 2.22 bits per heavy atom. The first-order valence-corrected chi connectivity index (χ1v) is 7.29. The van der Waals surface area contributed by atoms with E-state index in [9.17, 15) is 10.1 Å². The summed E-state index contributed by atoms with van der Waals surface area (Å²) in [6.45, 7) is 2.19. The fourth-order valence-corrected chi connectivity index (χ4v) is 5.04. The molecule has 1 atom stereocenters. The number of esters is 1. The summed E-state index contributed by atoms with van der Waals surface area (Å²) in [6, 6.07) is 2.24. The van der Waals surface area contributed by atoms with Crippen LogP contribution in [0.5, 0.6) is 0 Å². The molecule has 18 heavy (non-hydrogen) atoms. The van der Waals surface area contributed by atoms with Crippen LogP contribution >= 0.6 is 0 Å². The van der Waals surface area contributed by atoms with Crippen molar-refractivity contribution in [3.05, 3.63) is 0 Å². The second kappa shape index (κ2) is 4.57. The van der Waals surface area contributed by atoms with Crippen LogP contribution in [0.15, 0.2) is 0 Å². The molecule has 0 aromatic carbocycles. The Morgan fingerprint density at radius 2 is 1.78 bits per heavy atom. The fourth-order valence-electron chi connectivity index (χ4n) is 5.04. The van der Waals surface area contributed by atoms with Gasteiger partial charge in [0, 0.05) is 0 Å². The van der Waals surface area contributed by atoms with Gasteiger partial charge < -0.3 is 4.74 Å². The smallest absolute Gasteiger partial charge is 0.323 e. The third-order valence-corrected chi connectivity index (χ3v) is 5.36. The number of nitrogens with zero attached hydrogens (tertiary/aromatic N) is 1. The summed E-state index contributed by atoms with van der Waals surface area (Å²) in [6.07, 6.45) is 6.38. The summed E-state index contributed by atoms with van der Waals surface area (Å²) < 4.78 is 5.09. The Balaban J connectivity index is 1.79. The summed E-state index contributed by atoms with van der Waals surface area (Å²) in [4.78, 5) is 12.0. The van der Waals surface area contributed by atoms with E-state index in [0.717, 1.165) is 11.8 Å². The molecule has 0 aliphatic heterocycles. The van der Waals surface area contributed by atoms with E-state index >= 15 is 0 Å². The van der Waals surface area contributed by atoms with E-state index in [1.165, 1.54) is 32.1 Å². The van der Waals surface area contributed by atoms with Gasteiger partial charge in [-0.05, 0) is 68.6 Å². The number of carbonyl (C=O) groups excluding carboxylic acids is 1. The van der Waals surface area contributed by atoms with E-state index < -0.39 is 5.92 Å². The molecule has 3 heteroatoms. The third kappa shape index (κ3) is 1.83. The van der Waals surface area contributed by atoms with Crippen molar-refractivity contribution in [1.29, 1.82) is 5.26 Å². The average molecular weight is 247 g/mol. The SMILES string of the molecule is CCOC(=O)C(C#N)C1C2CC3CC(C2)CC1C3. The molecule has 4 aliphatic rings. The maximum atomic E-state index is 12.0. The van der Waals surface area contributed by atoms with Crippen molar-refractivity contribution >= 4 is 5.97 Å². The number of hydrogen-bond donors (Lipinski definition) is 0. The largest absolute Gasteiger partial charge is 0.465 e. The minimum Gasteiger partial charge on any atom is -0.465 e. The lowest BCUT2D eigenvalue weighted by Gasteiger charge is -2.55. The van der Waals surface area contributed by atoms with Crippen molar-refractivity contribution in [3.63, 3.8) is 0 Å². The van der Waals surface area contributed by atoms with Crippen LogP contribution in [0.4, 0.5) is 0 Å². The maximum Gasteiger partial charge on any atom is 0.323 e. The number of ether oxygens (including phenoxy) is 1. The Bertz CT molecular complexity index is 356. The first kappa shape index (κ1) is 12.0. The molecule has 4 rings (SSSR count). The summed E-state index contributed by atoms with van der Waals surface area (Å²) >= 11 is 0. The van der Waals surface area contributed by atoms with Gasteiger partial charge in [-0.3, -0.25) is 4.79 Å². The molecule has 0 spiro atoms. The molecule has 0 aromatic heterocycles.